The summed E-state index contributed by atoms with van der Waals surface area (Å²) in [5, 5.41) is 3.12. The number of hydrogen-bond donors (Lipinski definition) is 1. The molecule has 0 saturated carbocycles. The van der Waals surface area contributed by atoms with Gasteiger partial charge in [-0.1, -0.05) is 53.6 Å². The smallest absolute Gasteiger partial charge is 0.350 e. The fourth-order valence-electron chi connectivity index (χ4n) is 4.07. The van der Waals surface area contributed by atoms with Gasteiger partial charge < -0.3 is 10.2 Å². The second-order valence-electron chi connectivity index (χ2n) is 10.9. The number of aryl methyl sites for hydroxylation is 1. The predicted molar refractivity (Wildman–Crippen MR) is 157 cm³/mol. The first-order chi connectivity index (χ1) is 19.4. The van der Waals surface area contributed by atoms with Crippen LogP contribution >= 0.6 is 11.6 Å². The summed E-state index contributed by atoms with van der Waals surface area (Å²) in [7, 11) is -4.53. The molecule has 226 valence electrons. The second kappa shape index (κ2) is 12.7. The first kappa shape index (κ1) is 32.9. The van der Waals surface area contributed by atoms with Crippen LogP contribution in [0.4, 0.5) is 18.9 Å². The molecule has 0 radical (unpaired) electrons. The van der Waals surface area contributed by atoms with Crippen LogP contribution in [0.3, 0.4) is 0 Å². The van der Waals surface area contributed by atoms with Gasteiger partial charge in [0, 0.05) is 17.1 Å². The highest BCUT2D eigenvalue weighted by atomic mass is 35.5. The van der Waals surface area contributed by atoms with E-state index >= 15 is 0 Å². The topological polar surface area (TPSA) is 86.8 Å². The van der Waals surface area contributed by atoms with Crippen molar-refractivity contribution in [2.24, 2.45) is 0 Å². The zero-order valence-electron chi connectivity index (χ0n) is 23.9. The lowest BCUT2D eigenvalue weighted by molar-refractivity contribution is -0.140. The van der Waals surface area contributed by atoms with Crippen LogP contribution in [0.15, 0.2) is 77.7 Å². The van der Waals surface area contributed by atoms with Crippen LogP contribution in [0.25, 0.3) is 0 Å². The lowest BCUT2D eigenvalue weighted by Gasteiger charge is -2.33. The Balaban J connectivity index is 2.11. The maximum Gasteiger partial charge on any atom is 0.416 e. The number of nitrogens with zero attached hydrogens (tertiary/aromatic N) is 2. The average molecular weight is 624 g/mol. The molecule has 1 atom stereocenters. The number of sulfonamides is 1. The number of halogens is 4. The molecule has 0 aliphatic rings. The summed E-state index contributed by atoms with van der Waals surface area (Å²) in [5.41, 5.74) is -0.815. The van der Waals surface area contributed by atoms with Gasteiger partial charge in [0.15, 0.2) is 0 Å². The number of carbonyl (C=O) groups excluding carboxylic acids is 2. The monoisotopic (exact) mass is 623 g/mol. The highest BCUT2D eigenvalue weighted by molar-refractivity contribution is 7.92. The highest BCUT2D eigenvalue weighted by Gasteiger charge is 2.36. The summed E-state index contributed by atoms with van der Waals surface area (Å²) in [6.45, 7) is 7.50. The molecule has 2 amide bonds. The van der Waals surface area contributed by atoms with Crippen LogP contribution in [-0.2, 0) is 32.3 Å². The molecule has 0 saturated heterocycles. The van der Waals surface area contributed by atoms with E-state index in [1.807, 2.05) is 0 Å². The van der Waals surface area contributed by atoms with E-state index < -0.39 is 51.7 Å². The molecule has 1 unspecified atom stereocenters. The standard InChI is InChI=1S/C30H33ClF3N3O4S/c1-20-13-15-25(16-14-20)42(40,41)37(24-11-8-10-23(17-24)30(32,33)34)19-27(38)36(18-22-9-6-7-12-26(22)31)21(2)28(39)35-29(3,4)5/h6-17,21H,18-19H2,1-5H3,(H,35,39). The first-order valence-corrected chi connectivity index (χ1v) is 14.8. The third-order valence-electron chi connectivity index (χ3n) is 6.31. The SMILES string of the molecule is Cc1ccc(S(=O)(=O)N(CC(=O)N(Cc2ccccc2Cl)C(C)C(=O)NC(C)(C)C)c2cccc(C(F)(F)F)c2)cc1. The zero-order chi connectivity index (χ0) is 31.5. The average Bonchev–Trinajstić information content (AvgIpc) is 2.89. The fourth-order valence-corrected chi connectivity index (χ4v) is 5.67. The van der Waals surface area contributed by atoms with E-state index in [9.17, 15) is 31.2 Å². The summed E-state index contributed by atoms with van der Waals surface area (Å²) in [6.07, 6.45) is -4.75. The van der Waals surface area contributed by atoms with Crippen LogP contribution in [0, 0.1) is 6.92 Å². The van der Waals surface area contributed by atoms with Crippen LogP contribution < -0.4 is 9.62 Å². The van der Waals surface area contributed by atoms with Crippen molar-refractivity contribution in [1.82, 2.24) is 10.2 Å². The summed E-state index contributed by atoms with van der Waals surface area (Å²) in [4.78, 5) is 28.0. The molecule has 42 heavy (non-hydrogen) atoms. The molecule has 3 aromatic carbocycles. The fraction of sp³-hybridized carbons (Fsp3) is 0.333. The minimum atomic E-state index is -4.75. The molecule has 0 bridgehead atoms. The number of rotatable bonds is 9. The van der Waals surface area contributed by atoms with Crippen LogP contribution in [0.2, 0.25) is 5.02 Å². The van der Waals surface area contributed by atoms with Gasteiger partial charge in [-0.15, -0.1) is 0 Å². The third kappa shape index (κ3) is 8.25. The summed E-state index contributed by atoms with van der Waals surface area (Å²) >= 11 is 6.34. The van der Waals surface area contributed by atoms with E-state index in [4.69, 9.17) is 11.6 Å². The summed E-state index contributed by atoms with van der Waals surface area (Å²) < 4.78 is 69.1. The van der Waals surface area contributed by atoms with Gasteiger partial charge in [0.2, 0.25) is 11.8 Å². The van der Waals surface area contributed by atoms with Crippen LogP contribution in [-0.4, -0.2) is 43.3 Å². The van der Waals surface area contributed by atoms with Crippen molar-refractivity contribution in [2.45, 2.75) is 63.8 Å². The lowest BCUT2D eigenvalue weighted by atomic mass is 10.1. The number of carbonyl (C=O) groups is 2. The number of amides is 2. The van der Waals surface area contributed by atoms with E-state index in [2.05, 4.69) is 5.32 Å². The highest BCUT2D eigenvalue weighted by Crippen LogP contribution is 2.33. The number of nitrogens with one attached hydrogen (secondary N) is 1. The molecule has 7 nitrogen and oxygen atoms in total. The van der Waals surface area contributed by atoms with Crippen molar-refractivity contribution in [1.29, 1.82) is 0 Å². The number of anilines is 1. The van der Waals surface area contributed by atoms with Crippen molar-refractivity contribution in [2.75, 3.05) is 10.8 Å². The molecule has 3 rings (SSSR count). The van der Waals surface area contributed by atoms with Gasteiger partial charge in [0.1, 0.15) is 12.6 Å². The lowest BCUT2D eigenvalue weighted by Crippen LogP contribution is -2.54. The normalized spacial score (nSPS) is 12.9. The molecule has 12 heteroatoms. The molecule has 0 spiro atoms. The summed E-state index contributed by atoms with van der Waals surface area (Å²) in [6, 6.07) is 15.0. The molecule has 0 fully saturated rings. The number of hydrogen-bond acceptors (Lipinski definition) is 4. The van der Waals surface area contributed by atoms with Crippen LogP contribution in [0.5, 0.6) is 0 Å². The molecule has 0 aliphatic carbocycles. The Labute approximate surface area is 249 Å². The largest absolute Gasteiger partial charge is 0.416 e. The van der Waals surface area contributed by atoms with Crippen molar-refractivity contribution < 1.29 is 31.2 Å². The minimum Gasteiger partial charge on any atom is -0.350 e. The van der Waals surface area contributed by atoms with E-state index in [0.29, 0.717) is 21.0 Å². The Morgan fingerprint density at radius 2 is 1.57 bits per heavy atom. The van der Waals surface area contributed by atoms with E-state index in [1.54, 1.807) is 64.1 Å². The van der Waals surface area contributed by atoms with Crippen LogP contribution in [0.1, 0.15) is 44.4 Å². The second-order valence-corrected chi connectivity index (χ2v) is 13.2. The molecular weight excluding hydrogens is 591 g/mol. The van der Waals surface area contributed by atoms with Gasteiger partial charge in [-0.2, -0.15) is 13.2 Å². The third-order valence-corrected chi connectivity index (χ3v) is 8.47. The number of alkyl halides is 3. The summed E-state index contributed by atoms with van der Waals surface area (Å²) in [5.74, 6) is -1.32. The Kier molecular flexibility index (Phi) is 10.00. The minimum absolute atomic E-state index is 0.155. The van der Waals surface area contributed by atoms with Crippen molar-refractivity contribution in [3.05, 3.63) is 94.5 Å². The van der Waals surface area contributed by atoms with Gasteiger partial charge in [0.05, 0.1) is 16.1 Å². The Hall–Kier alpha value is -3.57. The zero-order valence-corrected chi connectivity index (χ0v) is 25.4. The van der Waals surface area contributed by atoms with Gasteiger partial charge in [0.25, 0.3) is 10.0 Å². The van der Waals surface area contributed by atoms with E-state index in [1.165, 1.54) is 25.1 Å². The van der Waals surface area contributed by atoms with Crippen molar-refractivity contribution in [3.63, 3.8) is 0 Å². The molecule has 0 aliphatic heterocycles. The molecule has 1 N–H and O–H groups in total. The Morgan fingerprint density at radius 3 is 2.14 bits per heavy atom. The molecule has 3 aromatic rings. The van der Waals surface area contributed by atoms with Gasteiger partial charge >= 0.3 is 6.18 Å². The number of benzene rings is 3. The molecule has 0 heterocycles. The predicted octanol–water partition coefficient (Wildman–Crippen LogP) is 6.19. The Bertz CT molecular complexity index is 1540. The maximum atomic E-state index is 13.9. The van der Waals surface area contributed by atoms with Gasteiger partial charge in [-0.3, -0.25) is 13.9 Å². The first-order valence-electron chi connectivity index (χ1n) is 13.0. The van der Waals surface area contributed by atoms with Crippen molar-refractivity contribution in [3.8, 4) is 0 Å². The van der Waals surface area contributed by atoms with Gasteiger partial charge in [-0.05, 0) is 76.6 Å². The van der Waals surface area contributed by atoms with Crippen molar-refractivity contribution >= 4 is 39.1 Å². The maximum absolute atomic E-state index is 13.9. The van der Waals surface area contributed by atoms with E-state index in [-0.39, 0.29) is 17.1 Å². The van der Waals surface area contributed by atoms with Gasteiger partial charge in [-0.25, -0.2) is 8.42 Å². The molecular formula is C30H33ClF3N3O4S. The Morgan fingerprint density at radius 1 is 0.952 bits per heavy atom. The molecule has 0 aromatic heterocycles. The quantitative estimate of drug-likeness (QED) is 0.308. The van der Waals surface area contributed by atoms with E-state index in [0.717, 1.165) is 22.6 Å².